The van der Waals surface area contributed by atoms with Crippen LogP contribution in [-0.2, 0) is 5.54 Å². The molecule has 1 heterocycles. The molecule has 9 aromatic carbocycles. The van der Waals surface area contributed by atoms with Crippen molar-refractivity contribution >= 4 is 60.4 Å². The summed E-state index contributed by atoms with van der Waals surface area (Å²) >= 11 is 0. The molecule has 1 aromatic heterocycles. The molecule has 0 amide bonds. The smallest absolute Gasteiger partial charge is 0.122 e. The van der Waals surface area contributed by atoms with Crippen LogP contribution in [0.2, 0.25) is 0 Å². The summed E-state index contributed by atoms with van der Waals surface area (Å²) in [4.78, 5) is 2.41. The van der Waals surface area contributed by atoms with Crippen molar-refractivity contribution in [3.8, 4) is 11.1 Å². The van der Waals surface area contributed by atoms with E-state index >= 15 is 0 Å². The Labute approximate surface area is 308 Å². The van der Waals surface area contributed by atoms with Crippen LogP contribution in [0.3, 0.4) is 0 Å². The fourth-order valence-electron chi connectivity index (χ4n) is 9.18. The summed E-state index contributed by atoms with van der Waals surface area (Å²) in [5, 5.41) is 7.38. The molecule has 0 saturated heterocycles. The Morgan fingerprint density at radius 3 is 1.75 bits per heavy atom. The molecule has 0 bridgehead atoms. The molecule has 11 rings (SSSR count). The zero-order valence-electron chi connectivity index (χ0n) is 29.0. The molecule has 2 heteroatoms. The summed E-state index contributed by atoms with van der Waals surface area (Å²) in [6.07, 6.45) is 0. The number of hydrogen-bond acceptors (Lipinski definition) is 1. The third-order valence-corrected chi connectivity index (χ3v) is 11.4. The van der Waals surface area contributed by atoms with E-state index in [0.717, 1.165) is 17.1 Å². The molecular formula is C51H34N2. The lowest BCUT2D eigenvalue weighted by Gasteiger charge is -2.37. The Hall–Kier alpha value is -6.90. The van der Waals surface area contributed by atoms with Crippen LogP contribution in [0.25, 0.3) is 54.5 Å². The second kappa shape index (κ2) is 11.6. The van der Waals surface area contributed by atoms with Crippen molar-refractivity contribution in [2.75, 3.05) is 4.90 Å². The van der Waals surface area contributed by atoms with Gasteiger partial charge in [-0.3, -0.25) is 0 Å². The second-order valence-electron chi connectivity index (χ2n) is 14.1. The van der Waals surface area contributed by atoms with Crippen molar-refractivity contribution < 1.29 is 0 Å². The number of nitrogens with zero attached hydrogens (tertiary/aromatic N) is 2. The first kappa shape index (κ1) is 29.8. The highest BCUT2D eigenvalue weighted by Crippen LogP contribution is 2.56. The summed E-state index contributed by atoms with van der Waals surface area (Å²) in [6, 6.07) is 75.9. The lowest BCUT2D eigenvalue weighted by atomic mass is 9.79. The van der Waals surface area contributed by atoms with E-state index in [1.54, 1.807) is 0 Å². The van der Waals surface area contributed by atoms with Crippen LogP contribution >= 0.6 is 0 Å². The van der Waals surface area contributed by atoms with Gasteiger partial charge in [-0.2, -0.15) is 0 Å². The predicted molar refractivity (Wildman–Crippen MR) is 223 cm³/mol. The Morgan fingerprint density at radius 2 is 0.962 bits per heavy atom. The molecule has 0 radical (unpaired) electrons. The van der Waals surface area contributed by atoms with Gasteiger partial charge in [0.15, 0.2) is 0 Å². The van der Waals surface area contributed by atoms with Crippen LogP contribution in [0, 0.1) is 0 Å². The molecule has 0 unspecified atom stereocenters. The SMILES string of the molecule is c1ccc(N(c2ccc3c(c2)c2ccccc2n3C2(c3ccc4ccccc4c3)c3ccccc3-c3ccccc32)c2cccc3ccccc23)cc1. The molecule has 0 atom stereocenters. The van der Waals surface area contributed by atoms with Crippen LogP contribution in [0.1, 0.15) is 16.7 Å². The average Bonchev–Trinajstić information content (AvgIpc) is 3.72. The van der Waals surface area contributed by atoms with E-state index in [9.17, 15) is 0 Å². The van der Waals surface area contributed by atoms with Gasteiger partial charge >= 0.3 is 0 Å². The largest absolute Gasteiger partial charge is 0.322 e. The molecule has 10 aromatic rings. The fourth-order valence-corrected chi connectivity index (χ4v) is 9.18. The Bertz CT molecular complexity index is 2970. The molecule has 1 aliphatic rings. The van der Waals surface area contributed by atoms with Crippen molar-refractivity contribution in [3.05, 3.63) is 223 Å². The number of fused-ring (bicyclic) bond motifs is 8. The summed E-state index contributed by atoms with van der Waals surface area (Å²) < 4.78 is 2.64. The molecule has 0 fully saturated rings. The first-order chi connectivity index (χ1) is 26.3. The number of hydrogen-bond donors (Lipinski definition) is 0. The minimum atomic E-state index is -0.616. The van der Waals surface area contributed by atoms with Crippen LogP contribution < -0.4 is 4.90 Å². The Balaban J connectivity index is 1.25. The minimum Gasteiger partial charge on any atom is -0.322 e. The summed E-state index contributed by atoms with van der Waals surface area (Å²) in [7, 11) is 0. The Kier molecular flexibility index (Phi) is 6.50. The quantitative estimate of drug-likeness (QED) is 0.176. The van der Waals surface area contributed by atoms with E-state index in [4.69, 9.17) is 0 Å². The van der Waals surface area contributed by atoms with Gasteiger partial charge < -0.3 is 9.47 Å². The molecule has 0 saturated carbocycles. The molecule has 248 valence electrons. The van der Waals surface area contributed by atoms with Gasteiger partial charge in [-0.1, -0.05) is 158 Å². The summed E-state index contributed by atoms with van der Waals surface area (Å²) in [5.74, 6) is 0. The van der Waals surface area contributed by atoms with Gasteiger partial charge in [-0.15, -0.1) is 0 Å². The van der Waals surface area contributed by atoms with Crippen LogP contribution in [-0.4, -0.2) is 4.57 Å². The highest BCUT2D eigenvalue weighted by molar-refractivity contribution is 6.11. The van der Waals surface area contributed by atoms with Gasteiger partial charge in [-0.05, 0) is 92.5 Å². The van der Waals surface area contributed by atoms with Crippen molar-refractivity contribution in [3.63, 3.8) is 0 Å². The number of benzene rings is 9. The van der Waals surface area contributed by atoms with Gasteiger partial charge in [0.2, 0.25) is 0 Å². The van der Waals surface area contributed by atoms with Gasteiger partial charge in [-0.25, -0.2) is 0 Å². The van der Waals surface area contributed by atoms with Crippen LogP contribution in [0.15, 0.2) is 206 Å². The maximum absolute atomic E-state index is 2.64. The molecule has 0 N–H and O–H groups in total. The molecule has 0 spiro atoms. The topological polar surface area (TPSA) is 8.17 Å². The van der Waals surface area contributed by atoms with Gasteiger partial charge in [0.05, 0.1) is 16.7 Å². The predicted octanol–water partition coefficient (Wildman–Crippen LogP) is 13.4. The molecule has 1 aliphatic carbocycles. The first-order valence-corrected chi connectivity index (χ1v) is 18.4. The third-order valence-electron chi connectivity index (χ3n) is 11.4. The second-order valence-corrected chi connectivity index (χ2v) is 14.1. The van der Waals surface area contributed by atoms with Crippen molar-refractivity contribution in [1.29, 1.82) is 0 Å². The van der Waals surface area contributed by atoms with Crippen molar-refractivity contribution in [2.24, 2.45) is 0 Å². The Morgan fingerprint density at radius 1 is 0.358 bits per heavy atom. The van der Waals surface area contributed by atoms with E-state index in [2.05, 4.69) is 216 Å². The number of anilines is 3. The molecule has 53 heavy (non-hydrogen) atoms. The lowest BCUT2D eigenvalue weighted by Crippen LogP contribution is -2.35. The van der Waals surface area contributed by atoms with E-state index < -0.39 is 5.54 Å². The lowest BCUT2D eigenvalue weighted by molar-refractivity contribution is 0.564. The minimum absolute atomic E-state index is 0.616. The highest BCUT2D eigenvalue weighted by atomic mass is 15.1. The maximum atomic E-state index is 2.64. The van der Waals surface area contributed by atoms with Gasteiger partial charge in [0.25, 0.3) is 0 Å². The van der Waals surface area contributed by atoms with Crippen molar-refractivity contribution in [1.82, 2.24) is 4.57 Å². The van der Waals surface area contributed by atoms with Crippen LogP contribution in [0.4, 0.5) is 17.1 Å². The van der Waals surface area contributed by atoms with Gasteiger partial charge in [0, 0.05) is 27.5 Å². The normalized spacial score (nSPS) is 13.1. The third kappa shape index (κ3) is 4.27. The van der Waals surface area contributed by atoms with E-state index in [0.29, 0.717) is 0 Å². The van der Waals surface area contributed by atoms with Crippen molar-refractivity contribution in [2.45, 2.75) is 5.54 Å². The van der Waals surface area contributed by atoms with E-state index in [-0.39, 0.29) is 0 Å². The standard InChI is InChI=1S/C51H34N2/c1-2-19-39(20-3-1)52(48-28-14-18-36-16-6-7-21-41(36)48)40-31-32-50-45(34-40)44-24-10-13-27-49(44)53(50)51(38-30-29-35-15-4-5-17-37(35)33-38)46-25-11-8-22-42(46)43-23-9-12-26-47(43)51/h1-34H. The maximum Gasteiger partial charge on any atom is 0.122 e. The molecular weight excluding hydrogens is 641 g/mol. The zero-order valence-corrected chi connectivity index (χ0v) is 29.0. The number of aromatic nitrogens is 1. The fraction of sp³-hybridized carbons (Fsp3) is 0.0196. The monoisotopic (exact) mass is 674 g/mol. The van der Waals surface area contributed by atoms with E-state index in [1.165, 1.54) is 71.2 Å². The highest BCUT2D eigenvalue weighted by Gasteiger charge is 2.47. The zero-order chi connectivity index (χ0) is 34.9. The van der Waals surface area contributed by atoms with Gasteiger partial charge in [0.1, 0.15) is 5.54 Å². The first-order valence-electron chi connectivity index (χ1n) is 18.4. The molecule has 0 aliphatic heterocycles. The molecule has 2 nitrogen and oxygen atoms in total. The summed E-state index contributed by atoms with van der Waals surface area (Å²) in [5.41, 5.74) is 11.6. The summed E-state index contributed by atoms with van der Waals surface area (Å²) in [6.45, 7) is 0. The number of rotatable bonds is 5. The van der Waals surface area contributed by atoms with E-state index in [1.807, 2.05) is 0 Å². The van der Waals surface area contributed by atoms with Crippen LogP contribution in [0.5, 0.6) is 0 Å². The number of para-hydroxylation sites is 2. The average molecular weight is 675 g/mol.